The molecule has 9 nitrogen and oxygen atoms in total. The first-order chi connectivity index (χ1) is 14.6. The van der Waals surface area contributed by atoms with Crippen molar-refractivity contribution >= 4 is 23.4 Å². The second-order valence-electron chi connectivity index (χ2n) is 7.70. The van der Waals surface area contributed by atoms with Crippen LogP contribution in [0.15, 0.2) is 18.5 Å². The summed E-state index contributed by atoms with van der Waals surface area (Å²) in [5, 5.41) is 13.7. The Morgan fingerprint density at radius 2 is 2.10 bits per heavy atom. The van der Waals surface area contributed by atoms with Gasteiger partial charge in [-0.15, -0.1) is 0 Å². The summed E-state index contributed by atoms with van der Waals surface area (Å²) in [5.74, 6) is 0. The van der Waals surface area contributed by atoms with E-state index in [4.69, 9.17) is 9.47 Å². The van der Waals surface area contributed by atoms with Crippen molar-refractivity contribution in [2.45, 2.75) is 12.5 Å². The van der Waals surface area contributed by atoms with E-state index in [0.717, 1.165) is 41.2 Å². The number of pyridine rings is 1. The van der Waals surface area contributed by atoms with Gasteiger partial charge in [0.1, 0.15) is 11.8 Å². The maximum absolute atomic E-state index is 12.3. The number of carbonyl (C=O) groups excluding carboxylic acids is 1. The zero-order valence-electron chi connectivity index (χ0n) is 16.7. The number of carbonyl (C=O) groups is 1. The first kappa shape index (κ1) is 18.6. The summed E-state index contributed by atoms with van der Waals surface area (Å²) >= 11 is 0. The minimum Gasteiger partial charge on any atom is -0.441 e. The SMILES string of the molecule is Cn1ncc(C2=Cc3c(N4CCN(C(=O)OC5COC5)CC4)ccnc3C2)c1C#N. The van der Waals surface area contributed by atoms with E-state index >= 15 is 0 Å². The van der Waals surface area contributed by atoms with E-state index in [1.165, 1.54) is 0 Å². The molecule has 2 aromatic heterocycles. The van der Waals surface area contributed by atoms with Crippen LogP contribution < -0.4 is 4.90 Å². The maximum Gasteiger partial charge on any atom is 0.410 e. The fraction of sp³-hybridized carbons (Fsp3) is 0.429. The molecule has 1 aliphatic carbocycles. The number of hydrogen-bond donors (Lipinski definition) is 0. The van der Waals surface area contributed by atoms with Crippen LogP contribution in [-0.2, 0) is 22.9 Å². The van der Waals surface area contributed by atoms with E-state index in [9.17, 15) is 10.1 Å². The third kappa shape index (κ3) is 3.19. The number of rotatable bonds is 3. The molecule has 2 aromatic rings. The minimum atomic E-state index is -0.259. The molecule has 5 rings (SSSR count). The molecule has 0 atom stereocenters. The topological polar surface area (TPSA) is 96.5 Å². The van der Waals surface area contributed by atoms with Gasteiger partial charge in [0.2, 0.25) is 0 Å². The molecule has 154 valence electrons. The van der Waals surface area contributed by atoms with Gasteiger partial charge in [-0.05, 0) is 17.7 Å². The van der Waals surface area contributed by atoms with Gasteiger partial charge in [0, 0.05) is 62.7 Å². The minimum absolute atomic E-state index is 0.103. The summed E-state index contributed by atoms with van der Waals surface area (Å²) in [5.41, 5.74) is 5.67. The van der Waals surface area contributed by atoms with Crippen LogP contribution in [0.25, 0.3) is 11.6 Å². The van der Waals surface area contributed by atoms with Crippen LogP contribution in [0.1, 0.15) is 22.5 Å². The van der Waals surface area contributed by atoms with Crippen molar-refractivity contribution in [2.75, 3.05) is 44.3 Å². The van der Waals surface area contributed by atoms with Crippen LogP contribution in [0.2, 0.25) is 0 Å². The predicted octanol–water partition coefficient (Wildman–Crippen LogP) is 1.44. The van der Waals surface area contributed by atoms with Crippen molar-refractivity contribution in [1.82, 2.24) is 19.7 Å². The first-order valence-corrected chi connectivity index (χ1v) is 10.0. The predicted molar refractivity (Wildman–Crippen MR) is 109 cm³/mol. The van der Waals surface area contributed by atoms with Gasteiger partial charge < -0.3 is 19.3 Å². The van der Waals surface area contributed by atoms with Gasteiger partial charge in [0.05, 0.1) is 25.1 Å². The molecule has 0 bridgehead atoms. The molecule has 4 heterocycles. The van der Waals surface area contributed by atoms with Crippen molar-refractivity contribution < 1.29 is 14.3 Å². The molecule has 2 fully saturated rings. The van der Waals surface area contributed by atoms with Crippen molar-refractivity contribution in [2.24, 2.45) is 7.05 Å². The Bertz CT molecular complexity index is 1060. The van der Waals surface area contributed by atoms with Crippen molar-refractivity contribution in [3.63, 3.8) is 0 Å². The molecule has 3 aliphatic rings. The number of amides is 1. The highest BCUT2D eigenvalue weighted by atomic mass is 16.6. The van der Waals surface area contributed by atoms with Crippen LogP contribution in [0.4, 0.5) is 10.5 Å². The van der Waals surface area contributed by atoms with Gasteiger partial charge in [0.25, 0.3) is 0 Å². The molecular weight excluding hydrogens is 384 g/mol. The normalized spacial score (nSPS) is 18.5. The quantitative estimate of drug-likeness (QED) is 0.761. The summed E-state index contributed by atoms with van der Waals surface area (Å²) in [6.45, 7) is 3.67. The first-order valence-electron chi connectivity index (χ1n) is 10.0. The summed E-state index contributed by atoms with van der Waals surface area (Å²) in [4.78, 5) is 20.9. The lowest BCUT2D eigenvalue weighted by molar-refractivity contribution is -0.104. The molecule has 0 unspecified atom stereocenters. The van der Waals surface area contributed by atoms with Gasteiger partial charge in [0.15, 0.2) is 6.10 Å². The molecule has 0 aromatic carbocycles. The lowest BCUT2D eigenvalue weighted by Gasteiger charge is -2.37. The zero-order valence-corrected chi connectivity index (χ0v) is 16.7. The number of nitriles is 1. The lowest BCUT2D eigenvalue weighted by atomic mass is 10.1. The fourth-order valence-corrected chi connectivity index (χ4v) is 4.09. The van der Waals surface area contributed by atoms with Gasteiger partial charge in [-0.3, -0.25) is 9.67 Å². The van der Waals surface area contributed by atoms with Gasteiger partial charge in [-0.1, -0.05) is 0 Å². The smallest absolute Gasteiger partial charge is 0.410 e. The molecule has 2 saturated heterocycles. The molecule has 30 heavy (non-hydrogen) atoms. The van der Waals surface area contributed by atoms with E-state index in [1.807, 2.05) is 12.3 Å². The number of aromatic nitrogens is 3. The summed E-state index contributed by atoms with van der Waals surface area (Å²) < 4.78 is 12.1. The molecule has 0 spiro atoms. The number of hydrogen-bond acceptors (Lipinski definition) is 7. The number of nitrogens with zero attached hydrogens (tertiary/aromatic N) is 6. The number of allylic oxidation sites excluding steroid dienone is 1. The zero-order chi connectivity index (χ0) is 20.7. The second-order valence-corrected chi connectivity index (χ2v) is 7.70. The van der Waals surface area contributed by atoms with Gasteiger partial charge in [-0.2, -0.15) is 10.4 Å². The fourth-order valence-electron chi connectivity index (χ4n) is 4.09. The maximum atomic E-state index is 12.3. The van der Waals surface area contributed by atoms with E-state index < -0.39 is 0 Å². The average molecular weight is 406 g/mol. The van der Waals surface area contributed by atoms with Crippen molar-refractivity contribution in [3.8, 4) is 6.07 Å². The van der Waals surface area contributed by atoms with Crippen molar-refractivity contribution in [1.29, 1.82) is 5.26 Å². The van der Waals surface area contributed by atoms with E-state index in [1.54, 1.807) is 22.8 Å². The summed E-state index contributed by atoms with van der Waals surface area (Å²) in [6, 6.07) is 4.25. The Labute approximate surface area is 174 Å². The second kappa shape index (κ2) is 7.46. The lowest BCUT2D eigenvalue weighted by Crippen LogP contribution is -2.51. The molecule has 2 aliphatic heterocycles. The highest BCUT2D eigenvalue weighted by Crippen LogP contribution is 2.37. The van der Waals surface area contributed by atoms with E-state index in [0.29, 0.717) is 38.4 Å². The Morgan fingerprint density at radius 1 is 1.30 bits per heavy atom. The summed E-state index contributed by atoms with van der Waals surface area (Å²) in [6.07, 6.45) is 6.01. The Balaban J connectivity index is 1.32. The number of aryl methyl sites for hydroxylation is 1. The van der Waals surface area contributed by atoms with Crippen molar-refractivity contribution in [3.05, 3.63) is 41.0 Å². The highest BCUT2D eigenvalue weighted by Gasteiger charge is 2.30. The van der Waals surface area contributed by atoms with E-state index in [-0.39, 0.29) is 12.2 Å². The van der Waals surface area contributed by atoms with E-state index in [2.05, 4.69) is 27.1 Å². The van der Waals surface area contributed by atoms with Crippen LogP contribution in [0.3, 0.4) is 0 Å². The molecule has 0 radical (unpaired) electrons. The summed E-state index contributed by atoms with van der Waals surface area (Å²) in [7, 11) is 1.77. The highest BCUT2D eigenvalue weighted by molar-refractivity contribution is 5.92. The number of anilines is 1. The monoisotopic (exact) mass is 406 g/mol. The number of ether oxygens (including phenoxy) is 2. The molecular formula is C21H22N6O3. The molecule has 9 heteroatoms. The van der Waals surface area contributed by atoms with Crippen LogP contribution in [0, 0.1) is 11.3 Å². The third-order valence-corrected chi connectivity index (χ3v) is 5.87. The largest absolute Gasteiger partial charge is 0.441 e. The van der Waals surface area contributed by atoms with Gasteiger partial charge in [-0.25, -0.2) is 4.79 Å². The number of fused-ring (bicyclic) bond motifs is 1. The molecule has 1 amide bonds. The van der Waals surface area contributed by atoms with Crippen LogP contribution >= 0.6 is 0 Å². The molecule has 0 N–H and O–H groups in total. The standard InChI is InChI=1S/C21H22N6O3/c1-25-20(10-22)17(11-24-25)14-8-16-18(9-14)23-3-2-19(16)26-4-6-27(7-5-26)21(28)30-15-12-29-13-15/h2-3,8,11,15H,4-7,9,12-13H2,1H3. The third-order valence-electron chi connectivity index (χ3n) is 5.87. The van der Waals surface area contributed by atoms with Crippen LogP contribution in [-0.4, -0.2) is 71.3 Å². The van der Waals surface area contributed by atoms with Crippen LogP contribution in [0.5, 0.6) is 0 Å². The average Bonchev–Trinajstić information content (AvgIpc) is 3.33. The Kier molecular flexibility index (Phi) is 4.64. The number of piperazine rings is 1. The molecule has 0 saturated carbocycles. The van der Waals surface area contributed by atoms with Gasteiger partial charge >= 0.3 is 6.09 Å². The Hall–Kier alpha value is -3.38. The Morgan fingerprint density at radius 3 is 2.80 bits per heavy atom.